The van der Waals surface area contributed by atoms with Gasteiger partial charge < -0.3 is 15.2 Å². The average molecular weight is 297 g/mol. The largest absolute Gasteiger partial charge is 0.496 e. The van der Waals surface area contributed by atoms with Gasteiger partial charge in [0.15, 0.2) is 0 Å². The summed E-state index contributed by atoms with van der Waals surface area (Å²) in [7, 11) is 1.59. The summed E-state index contributed by atoms with van der Waals surface area (Å²) < 4.78 is 5.19. The Bertz CT molecular complexity index is 464. The van der Waals surface area contributed by atoms with Crippen LogP contribution in [-0.4, -0.2) is 35.6 Å². The molecule has 1 atom stereocenters. The number of carbonyl (C=O) groups excluding carboxylic acids is 1. The Morgan fingerprint density at radius 2 is 2.10 bits per heavy atom. The molecule has 0 aromatic heterocycles. The molecule has 0 heterocycles. The fourth-order valence-electron chi connectivity index (χ4n) is 1.49. The van der Waals surface area contributed by atoms with Gasteiger partial charge in [-0.05, 0) is 6.07 Å². The van der Waals surface area contributed by atoms with Crippen LogP contribution in [0.5, 0.6) is 5.75 Å². The van der Waals surface area contributed by atoms with E-state index in [2.05, 4.69) is 5.32 Å². The molecular weight excluding hydrogens is 278 g/mol. The number of methoxy groups -OCH3 is 1. The lowest BCUT2D eigenvalue weighted by molar-refractivity contribution is -0.140. The molecule has 0 saturated heterocycles. The first-order valence-corrected chi connectivity index (χ1v) is 7.39. The number of carboxylic acid groups (broad SMARTS) is 1. The zero-order chi connectivity index (χ0) is 15.0. The van der Waals surface area contributed by atoms with Gasteiger partial charge in [0.1, 0.15) is 5.75 Å². The van der Waals surface area contributed by atoms with Gasteiger partial charge in [0.2, 0.25) is 5.91 Å². The van der Waals surface area contributed by atoms with Gasteiger partial charge in [0.25, 0.3) is 0 Å². The van der Waals surface area contributed by atoms with Crippen LogP contribution in [0.1, 0.15) is 12.5 Å². The minimum Gasteiger partial charge on any atom is -0.496 e. The summed E-state index contributed by atoms with van der Waals surface area (Å²) in [6.07, 6.45) is 0. The van der Waals surface area contributed by atoms with Crippen LogP contribution in [0.25, 0.3) is 0 Å². The molecule has 1 amide bonds. The molecule has 0 fully saturated rings. The van der Waals surface area contributed by atoms with Gasteiger partial charge >= 0.3 is 5.97 Å². The van der Waals surface area contributed by atoms with Crippen molar-refractivity contribution in [3.8, 4) is 5.75 Å². The molecule has 110 valence electrons. The van der Waals surface area contributed by atoms with Crippen LogP contribution in [0.2, 0.25) is 0 Å². The van der Waals surface area contributed by atoms with Crippen molar-refractivity contribution in [1.29, 1.82) is 0 Å². The standard InChI is InChI=1S/C14H19NO4S/c1-10(14(17)18)8-20-9-13(16)15-7-11-5-3-4-6-12(11)19-2/h3-6,10H,7-9H2,1-2H3,(H,15,16)(H,17,18). The van der Waals surface area contributed by atoms with E-state index in [0.717, 1.165) is 11.3 Å². The van der Waals surface area contributed by atoms with E-state index in [1.54, 1.807) is 14.0 Å². The molecule has 6 heteroatoms. The van der Waals surface area contributed by atoms with Crippen molar-refractivity contribution in [2.24, 2.45) is 5.92 Å². The quantitative estimate of drug-likeness (QED) is 0.765. The second-order valence-electron chi connectivity index (χ2n) is 4.34. The van der Waals surface area contributed by atoms with E-state index in [-0.39, 0.29) is 11.7 Å². The molecule has 0 aliphatic carbocycles. The maximum atomic E-state index is 11.6. The van der Waals surface area contributed by atoms with E-state index in [1.165, 1.54) is 11.8 Å². The van der Waals surface area contributed by atoms with E-state index < -0.39 is 11.9 Å². The van der Waals surface area contributed by atoms with Crippen LogP contribution in [0, 0.1) is 5.92 Å². The first-order valence-electron chi connectivity index (χ1n) is 6.23. The third-order valence-corrected chi connectivity index (χ3v) is 3.89. The lowest BCUT2D eigenvalue weighted by Gasteiger charge is -2.10. The Hall–Kier alpha value is -1.69. The second-order valence-corrected chi connectivity index (χ2v) is 5.37. The Balaban J connectivity index is 2.31. The van der Waals surface area contributed by atoms with Crippen molar-refractivity contribution >= 4 is 23.6 Å². The van der Waals surface area contributed by atoms with Gasteiger partial charge in [-0.2, -0.15) is 11.8 Å². The third kappa shape index (κ3) is 5.52. The first-order chi connectivity index (χ1) is 9.54. The zero-order valence-electron chi connectivity index (χ0n) is 11.6. The molecule has 1 aromatic rings. The zero-order valence-corrected chi connectivity index (χ0v) is 12.4. The van der Waals surface area contributed by atoms with Gasteiger partial charge in [-0.25, -0.2) is 0 Å². The van der Waals surface area contributed by atoms with Gasteiger partial charge in [-0.1, -0.05) is 25.1 Å². The summed E-state index contributed by atoms with van der Waals surface area (Å²) >= 11 is 1.32. The highest BCUT2D eigenvalue weighted by Gasteiger charge is 2.12. The topological polar surface area (TPSA) is 75.6 Å². The van der Waals surface area contributed by atoms with Crippen LogP contribution < -0.4 is 10.1 Å². The Labute approximate surface area is 122 Å². The number of rotatable bonds is 8. The number of thioether (sulfide) groups is 1. The Kier molecular flexibility index (Phi) is 6.93. The van der Waals surface area contributed by atoms with Crippen LogP contribution >= 0.6 is 11.8 Å². The highest BCUT2D eigenvalue weighted by molar-refractivity contribution is 7.99. The number of hydrogen-bond acceptors (Lipinski definition) is 4. The van der Waals surface area contributed by atoms with Crippen molar-refractivity contribution in [3.05, 3.63) is 29.8 Å². The molecule has 0 spiro atoms. The summed E-state index contributed by atoms with van der Waals surface area (Å²) in [5.74, 6) is 0.0249. The van der Waals surface area contributed by atoms with Crippen LogP contribution in [-0.2, 0) is 16.1 Å². The van der Waals surface area contributed by atoms with Gasteiger partial charge in [-0.3, -0.25) is 9.59 Å². The molecule has 1 rings (SSSR count). The molecule has 20 heavy (non-hydrogen) atoms. The van der Waals surface area contributed by atoms with Gasteiger partial charge in [0.05, 0.1) is 18.8 Å². The first kappa shape index (κ1) is 16.4. The van der Waals surface area contributed by atoms with Crippen LogP contribution in [0.3, 0.4) is 0 Å². The minimum absolute atomic E-state index is 0.113. The average Bonchev–Trinajstić information content (AvgIpc) is 2.45. The molecule has 0 saturated carbocycles. The predicted octanol–water partition coefficient (Wildman–Crippen LogP) is 1.77. The number of carboxylic acids is 1. The lowest BCUT2D eigenvalue weighted by atomic mass is 10.2. The number of aliphatic carboxylic acids is 1. The third-order valence-electron chi connectivity index (χ3n) is 2.69. The maximum Gasteiger partial charge on any atom is 0.307 e. The summed E-state index contributed by atoms with van der Waals surface area (Å²) in [6.45, 7) is 2.03. The summed E-state index contributed by atoms with van der Waals surface area (Å²) in [5, 5.41) is 11.5. The number of amides is 1. The van der Waals surface area contributed by atoms with Crippen LogP contribution in [0.15, 0.2) is 24.3 Å². The SMILES string of the molecule is COc1ccccc1CNC(=O)CSCC(C)C(=O)O. The molecule has 0 aliphatic heterocycles. The fourth-order valence-corrected chi connectivity index (χ4v) is 2.39. The van der Waals surface area contributed by atoms with Gasteiger partial charge in [0, 0.05) is 17.9 Å². The van der Waals surface area contributed by atoms with E-state index in [0.29, 0.717) is 12.3 Å². The smallest absolute Gasteiger partial charge is 0.307 e. The molecule has 0 radical (unpaired) electrons. The molecule has 0 bridgehead atoms. The lowest BCUT2D eigenvalue weighted by Crippen LogP contribution is -2.25. The number of benzene rings is 1. The Morgan fingerprint density at radius 1 is 1.40 bits per heavy atom. The van der Waals surface area contributed by atoms with Crippen molar-refractivity contribution in [3.63, 3.8) is 0 Å². The highest BCUT2D eigenvalue weighted by Crippen LogP contribution is 2.16. The van der Waals surface area contributed by atoms with Crippen molar-refractivity contribution in [2.75, 3.05) is 18.6 Å². The number of para-hydroxylation sites is 1. The van der Waals surface area contributed by atoms with Crippen molar-refractivity contribution in [2.45, 2.75) is 13.5 Å². The van der Waals surface area contributed by atoms with Gasteiger partial charge in [-0.15, -0.1) is 0 Å². The van der Waals surface area contributed by atoms with E-state index >= 15 is 0 Å². The fraction of sp³-hybridized carbons (Fsp3) is 0.429. The number of hydrogen-bond donors (Lipinski definition) is 2. The normalized spacial score (nSPS) is 11.7. The molecule has 1 unspecified atom stereocenters. The summed E-state index contributed by atoms with van der Waals surface area (Å²) in [4.78, 5) is 22.3. The maximum absolute atomic E-state index is 11.6. The molecule has 1 aromatic carbocycles. The number of nitrogens with one attached hydrogen (secondary N) is 1. The van der Waals surface area contributed by atoms with Crippen molar-refractivity contribution in [1.82, 2.24) is 5.32 Å². The molecule has 0 aliphatic rings. The Morgan fingerprint density at radius 3 is 2.75 bits per heavy atom. The minimum atomic E-state index is -0.841. The monoisotopic (exact) mass is 297 g/mol. The van der Waals surface area contributed by atoms with E-state index in [9.17, 15) is 9.59 Å². The van der Waals surface area contributed by atoms with E-state index in [1.807, 2.05) is 24.3 Å². The summed E-state index contributed by atoms with van der Waals surface area (Å²) in [6, 6.07) is 7.48. The highest BCUT2D eigenvalue weighted by atomic mass is 32.2. The summed E-state index contributed by atoms with van der Waals surface area (Å²) in [5.41, 5.74) is 0.909. The predicted molar refractivity (Wildman–Crippen MR) is 79.0 cm³/mol. The van der Waals surface area contributed by atoms with Crippen molar-refractivity contribution < 1.29 is 19.4 Å². The molecule has 2 N–H and O–H groups in total. The number of carbonyl (C=O) groups is 2. The van der Waals surface area contributed by atoms with Crippen LogP contribution in [0.4, 0.5) is 0 Å². The molecular formula is C14H19NO4S. The second kappa shape index (κ2) is 8.47. The van der Waals surface area contributed by atoms with E-state index in [4.69, 9.17) is 9.84 Å². The number of ether oxygens (including phenoxy) is 1. The molecule has 5 nitrogen and oxygen atoms in total.